The first-order valence-corrected chi connectivity index (χ1v) is 6.90. The molecule has 1 saturated carbocycles. The Morgan fingerprint density at radius 2 is 1.95 bits per heavy atom. The second-order valence-corrected chi connectivity index (χ2v) is 6.01. The lowest BCUT2D eigenvalue weighted by Gasteiger charge is -2.25. The van der Waals surface area contributed by atoms with Crippen LogP contribution in [0, 0.1) is 23.2 Å². The van der Waals surface area contributed by atoms with E-state index in [1.54, 1.807) is 0 Å². The standard InChI is InChI=1S/C15H22O4/c1-10(2)11-8-12(11)13(16)19-9-15(14(17)18-3)6-4-5-7-15/h4-5,10-12H,6-9H2,1-3H3/t11-,12+/m0/s1. The molecule has 4 heteroatoms. The van der Waals surface area contributed by atoms with Gasteiger partial charge >= 0.3 is 11.9 Å². The predicted molar refractivity (Wildman–Crippen MR) is 70.2 cm³/mol. The van der Waals surface area contributed by atoms with Crippen LogP contribution in [-0.2, 0) is 19.1 Å². The third kappa shape index (κ3) is 2.82. The summed E-state index contributed by atoms with van der Waals surface area (Å²) >= 11 is 0. The maximum atomic E-state index is 11.9. The third-order valence-corrected chi connectivity index (χ3v) is 4.29. The first kappa shape index (κ1) is 14.1. The summed E-state index contributed by atoms with van der Waals surface area (Å²) in [6.45, 7) is 4.37. The van der Waals surface area contributed by atoms with Gasteiger partial charge in [-0.05, 0) is 31.1 Å². The molecule has 0 aliphatic heterocycles. The Hall–Kier alpha value is -1.32. The topological polar surface area (TPSA) is 52.6 Å². The van der Waals surface area contributed by atoms with Crippen LogP contribution in [0.15, 0.2) is 12.2 Å². The summed E-state index contributed by atoms with van der Waals surface area (Å²) in [7, 11) is 1.37. The van der Waals surface area contributed by atoms with Crippen molar-refractivity contribution < 1.29 is 19.1 Å². The molecule has 4 nitrogen and oxygen atoms in total. The molecule has 0 spiro atoms. The molecule has 0 bridgehead atoms. The highest BCUT2D eigenvalue weighted by Gasteiger charge is 2.47. The van der Waals surface area contributed by atoms with E-state index in [0.29, 0.717) is 24.7 Å². The smallest absolute Gasteiger partial charge is 0.315 e. The Morgan fingerprint density at radius 1 is 1.32 bits per heavy atom. The minimum absolute atomic E-state index is 0.0315. The zero-order chi connectivity index (χ0) is 14.0. The van der Waals surface area contributed by atoms with E-state index >= 15 is 0 Å². The van der Waals surface area contributed by atoms with Crippen molar-refractivity contribution in [2.45, 2.75) is 33.1 Å². The van der Waals surface area contributed by atoms with Gasteiger partial charge in [0.15, 0.2) is 0 Å². The van der Waals surface area contributed by atoms with Crippen molar-refractivity contribution >= 4 is 11.9 Å². The fourth-order valence-electron chi connectivity index (χ4n) is 2.80. The Kier molecular flexibility index (Phi) is 3.97. The number of carbonyl (C=O) groups is 2. The van der Waals surface area contributed by atoms with Crippen molar-refractivity contribution in [3.8, 4) is 0 Å². The fourth-order valence-corrected chi connectivity index (χ4v) is 2.80. The molecule has 2 aliphatic carbocycles. The molecule has 2 aliphatic rings. The van der Waals surface area contributed by atoms with E-state index in [0.717, 1.165) is 6.42 Å². The van der Waals surface area contributed by atoms with E-state index in [4.69, 9.17) is 9.47 Å². The lowest BCUT2D eigenvalue weighted by molar-refractivity contribution is -0.161. The number of esters is 2. The summed E-state index contributed by atoms with van der Waals surface area (Å²) in [6.07, 6.45) is 5.98. The van der Waals surface area contributed by atoms with Crippen molar-refractivity contribution in [1.82, 2.24) is 0 Å². The molecule has 106 valence electrons. The summed E-state index contributed by atoms with van der Waals surface area (Å²) in [5.41, 5.74) is -0.688. The second-order valence-electron chi connectivity index (χ2n) is 6.01. The van der Waals surface area contributed by atoms with Crippen LogP contribution in [-0.4, -0.2) is 25.7 Å². The number of hydrogen-bond acceptors (Lipinski definition) is 4. The molecule has 0 aromatic rings. The minimum atomic E-state index is -0.688. The van der Waals surface area contributed by atoms with Crippen molar-refractivity contribution in [1.29, 1.82) is 0 Å². The van der Waals surface area contributed by atoms with Crippen molar-refractivity contribution in [3.05, 3.63) is 12.2 Å². The van der Waals surface area contributed by atoms with Gasteiger partial charge in [0, 0.05) is 0 Å². The lowest BCUT2D eigenvalue weighted by Crippen LogP contribution is -2.35. The van der Waals surface area contributed by atoms with Gasteiger partial charge in [0.05, 0.1) is 13.0 Å². The molecular formula is C15H22O4. The van der Waals surface area contributed by atoms with Gasteiger partial charge in [-0.25, -0.2) is 0 Å². The van der Waals surface area contributed by atoms with Gasteiger partial charge in [0.2, 0.25) is 0 Å². The van der Waals surface area contributed by atoms with Crippen LogP contribution in [0.1, 0.15) is 33.1 Å². The highest BCUT2D eigenvalue weighted by atomic mass is 16.5. The van der Waals surface area contributed by atoms with Gasteiger partial charge in [-0.2, -0.15) is 0 Å². The number of carbonyl (C=O) groups excluding carboxylic acids is 2. The summed E-state index contributed by atoms with van der Waals surface area (Å²) < 4.78 is 10.2. The first-order chi connectivity index (χ1) is 9.00. The third-order valence-electron chi connectivity index (χ3n) is 4.29. The number of hydrogen-bond donors (Lipinski definition) is 0. The number of ether oxygens (including phenoxy) is 2. The number of rotatable bonds is 5. The summed E-state index contributed by atoms with van der Waals surface area (Å²) in [5, 5.41) is 0. The molecule has 0 saturated heterocycles. The van der Waals surface area contributed by atoms with Crippen molar-refractivity contribution in [3.63, 3.8) is 0 Å². The van der Waals surface area contributed by atoms with Gasteiger partial charge < -0.3 is 9.47 Å². The van der Waals surface area contributed by atoms with E-state index in [-0.39, 0.29) is 24.5 Å². The lowest BCUT2D eigenvalue weighted by atomic mass is 9.86. The molecule has 0 heterocycles. The second kappa shape index (κ2) is 5.35. The predicted octanol–water partition coefficient (Wildman–Crippen LogP) is 2.33. The highest BCUT2D eigenvalue weighted by Crippen LogP contribution is 2.45. The summed E-state index contributed by atoms with van der Waals surface area (Å²) in [4.78, 5) is 23.8. The maximum absolute atomic E-state index is 11.9. The Balaban J connectivity index is 1.87. The molecule has 19 heavy (non-hydrogen) atoms. The number of allylic oxidation sites excluding steroid dienone is 2. The van der Waals surface area contributed by atoms with E-state index in [1.807, 2.05) is 12.2 Å². The zero-order valence-electron chi connectivity index (χ0n) is 11.8. The van der Waals surface area contributed by atoms with Gasteiger partial charge in [-0.3, -0.25) is 9.59 Å². The first-order valence-electron chi connectivity index (χ1n) is 6.90. The molecular weight excluding hydrogens is 244 g/mol. The average molecular weight is 266 g/mol. The van der Waals surface area contributed by atoms with Crippen LogP contribution in [0.3, 0.4) is 0 Å². The highest BCUT2D eigenvalue weighted by molar-refractivity contribution is 5.80. The molecule has 0 aromatic carbocycles. The normalized spacial score (nSPS) is 27.4. The molecule has 0 amide bonds. The van der Waals surface area contributed by atoms with E-state index in [2.05, 4.69) is 13.8 Å². The van der Waals surface area contributed by atoms with Gasteiger partial charge in [0.25, 0.3) is 0 Å². The average Bonchev–Trinajstić information content (AvgIpc) is 3.07. The molecule has 0 unspecified atom stereocenters. The van der Waals surface area contributed by atoms with Crippen LogP contribution in [0.2, 0.25) is 0 Å². The van der Waals surface area contributed by atoms with Crippen molar-refractivity contribution in [2.24, 2.45) is 23.2 Å². The van der Waals surface area contributed by atoms with Crippen LogP contribution < -0.4 is 0 Å². The monoisotopic (exact) mass is 266 g/mol. The van der Waals surface area contributed by atoms with Crippen LogP contribution in [0.5, 0.6) is 0 Å². The van der Waals surface area contributed by atoms with Crippen molar-refractivity contribution in [2.75, 3.05) is 13.7 Å². The summed E-state index contributed by atoms with van der Waals surface area (Å²) in [6, 6.07) is 0. The maximum Gasteiger partial charge on any atom is 0.315 e. The Bertz CT molecular complexity index is 389. The quantitative estimate of drug-likeness (QED) is 0.566. The van der Waals surface area contributed by atoms with Gasteiger partial charge in [-0.15, -0.1) is 0 Å². The SMILES string of the molecule is COC(=O)C1(COC(=O)[C@@H]2C[C@H]2C(C)C)CC=CC1. The number of methoxy groups -OCH3 is 1. The Morgan fingerprint density at radius 3 is 2.42 bits per heavy atom. The van der Waals surface area contributed by atoms with E-state index < -0.39 is 5.41 Å². The summed E-state index contributed by atoms with van der Waals surface area (Å²) in [5.74, 6) is 0.544. The van der Waals surface area contributed by atoms with E-state index in [9.17, 15) is 9.59 Å². The largest absolute Gasteiger partial charge is 0.468 e. The molecule has 0 aromatic heterocycles. The molecule has 0 radical (unpaired) electrons. The van der Waals surface area contributed by atoms with Crippen LogP contribution in [0.4, 0.5) is 0 Å². The van der Waals surface area contributed by atoms with Gasteiger partial charge in [-0.1, -0.05) is 26.0 Å². The van der Waals surface area contributed by atoms with Gasteiger partial charge in [0.1, 0.15) is 12.0 Å². The molecule has 1 fully saturated rings. The molecule has 0 N–H and O–H groups in total. The van der Waals surface area contributed by atoms with Crippen LogP contribution in [0.25, 0.3) is 0 Å². The molecule has 2 atom stereocenters. The fraction of sp³-hybridized carbons (Fsp3) is 0.733. The Labute approximate surface area is 114 Å². The minimum Gasteiger partial charge on any atom is -0.468 e. The molecule has 2 rings (SSSR count). The van der Waals surface area contributed by atoms with E-state index in [1.165, 1.54) is 7.11 Å². The van der Waals surface area contributed by atoms with Crippen LogP contribution >= 0.6 is 0 Å². The zero-order valence-corrected chi connectivity index (χ0v) is 11.8.